The zero-order valence-corrected chi connectivity index (χ0v) is 16.7. The van der Waals surface area contributed by atoms with E-state index >= 15 is 0 Å². The molecule has 0 unspecified atom stereocenters. The van der Waals surface area contributed by atoms with Gasteiger partial charge in [-0.15, -0.1) is 0 Å². The van der Waals surface area contributed by atoms with Crippen LogP contribution < -0.4 is 9.62 Å². The fraction of sp³-hybridized carbons (Fsp3) is 0.350. The number of carbonyl (C=O) groups is 1. The number of sulfonamides is 1. The lowest BCUT2D eigenvalue weighted by atomic mass is 10.0. The van der Waals surface area contributed by atoms with Crippen molar-refractivity contribution < 1.29 is 13.2 Å². The van der Waals surface area contributed by atoms with Crippen LogP contribution in [-0.2, 0) is 14.8 Å². The van der Waals surface area contributed by atoms with E-state index in [2.05, 4.69) is 5.32 Å². The van der Waals surface area contributed by atoms with Crippen LogP contribution in [0.3, 0.4) is 0 Å². The number of anilines is 2. The van der Waals surface area contributed by atoms with Crippen molar-refractivity contribution in [2.75, 3.05) is 22.4 Å². The van der Waals surface area contributed by atoms with Gasteiger partial charge in [0.25, 0.3) is 0 Å². The lowest BCUT2D eigenvalue weighted by Gasteiger charge is -2.25. The molecule has 5 nitrogen and oxygen atoms in total. The van der Waals surface area contributed by atoms with E-state index in [1.807, 2.05) is 70.2 Å². The summed E-state index contributed by atoms with van der Waals surface area (Å²) < 4.78 is 25.9. The molecule has 1 N–H and O–H groups in total. The van der Waals surface area contributed by atoms with E-state index in [1.165, 1.54) is 4.31 Å². The molecule has 0 bridgehead atoms. The molecule has 0 heterocycles. The Morgan fingerprint density at radius 3 is 2.15 bits per heavy atom. The topological polar surface area (TPSA) is 66.5 Å². The first-order chi connectivity index (χ1) is 12.1. The smallest absolute Gasteiger partial charge is 0.245 e. The Labute approximate surface area is 156 Å². The van der Waals surface area contributed by atoms with Crippen LogP contribution in [0.2, 0.25) is 0 Å². The van der Waals surface area contributed by atoms with Gasteiger partial charge in [-0.2, -0.15) is 0 Å². The van der Waals surface area contributed by atoms with Crippen molar-refractivity contribution in [1.29, 1.82) is 0 Å². The minimum atomic E-state index is -3.60. The number of rotatable bonds is 6. The van der Waals surface area contributed by atoms with Crippen molar-refractivity contribution in [1.82, 2.24) is 0 Å². The van der Waals surface area contributed by atoms with Gasteiger partial charge in [0.2, 0.25) is 15.9 Å². The van der Waals surface area contributed by atoms with E-state index < -0.39 is 10.0 Å². The number of nitrogens with zero attached hydrogens (tertiary/aromatic N) is 1. The molecular weight excluding hydrogens is 348 g/mol. The predicted octanol–water partition coefficient (Wildman–Crippen LogP) is 3.83. The van der Waals surface area contributed by atoms with Crippen molar-refractivity contribution in [3.05, 3.63) is 59.2 Å². The van der Waals surface area contributed by atoms with Crippen molar-refractivity contribution in [3.63, 3.8) is 0 Å². The molecular formula is C20H26N2O3S. The Bertz CT molecular complexity index is 885. The second kappa shape index (κ2) is 7.91. The van der Waals surface area contributed by atoms with Gasteiger partial charge in [-0.1, -0.05) is 50.2 Å². The molecule has 2 aromatic carbocycles. The Hall–Kier alpha value is -2.34. The largest absolute Gasteiger partial charge is 0.324 e. The molecule has 0 saturated heterocycles. The van der Waals surface area contributed by atoms with Gasteiger partial charge in [0, 0.05) is 5.69 Å². The SMILES string of the molecule is Cc1cccc(C)c1N(CC(=O)Nc1ccccc1C(C)C)S(C)(=O)=O. The van der Waals surface area contributed by atoms with Gasteiger partial charge >= 0.3 is 0 Å². The van der Waals surface area contributed by atoms with Crippen LogP contribution in [0.25, 0.3) is 0 Å². The highest BCUT2D eigenvalue weighted by molar-refractivity contribution is 7.92. The number of hydrogen-bond acceptors (Lipinski definition) is 3. The molecule has 1 amide bonds. The van der Waals surface area contributed by atoms with Crippen molar-refractivity contribution in [3.8, 4) is 0 Å². The van der Waals surface area contributed by atoms with E-state index in [-0.39, 0.29) is 18.4 Å². The van der Waals surface area contributed by atoms with Gasteiger partial charge in [0.1, 0.15) is 6.54 Å². The minimum absolute atomic E-state index is 0.246. The third kappa shape index (κ3) is 4.64. The van der Waals surface area contributed by atoms with E-state index in [1.54, 1.807) is 0 Å². The van der Waals surface area contributed by atoms with Crippen LogP contribution in [0.4, 0.5) is 11.4 Å². The number of aryl methyl sites for hydroxylation is 2. The number of carbonyl (C=O) groups excluding carboxylic acids is 1. The molecule has 2 rings (SSSR count). The third-order valence-corrected chi connectivity index (χ3v) is 5.35. The van der Waals surface area contributed by atoms with Gasteiger partial charge < -0.3 is 5.32 Å². The van der Waals surface area contributed by atoms with Crippen LogP contribution in [0.5, 0.6) is 0 Å². The van der Waals surface area contributed by atoms with E-state index in [9.17, 15) is 13.2 Å². The zero-order valence-electron chi connectivity index (χ0n) is 15.9. The van der Waals surface area contributed by atoms with Crippen LogP contribution >= 0.6 is 0 Å². The molecule has 0 aromatic heterocycles. The first-order valence-corrected chi connectivity index (χ1v) is 10.4. The second-order valence-electron chi connectivity index (χ2n) is 6.80. The van der Waals surface area contributed by atoms with Gasteiger partial charge in [-0.25, -0.2) is 8.42 Å². The van der Waals surface area contributed by atoms with Gasteiger partial charge in [0.05, 0.1) is 11.9 Å². The van der Waals surface area contributed by atoms with Gasteiger partial charge in [-0.3, -0.25) is 9.10 Å². The summed E-state index contributed by atoms with van der Waals surface area (Å²) in [5.74, 6) is -0.123. The Morgan fingerprint density at radius 2 is 1.62 bits per heavy atom. The number of amides is 1. The molecule has 0 saturated carbocycles. The maximum atomic E-state index is 12.6. The summed E-state index contributed by atoms with van der Waals surface area (Å²) in [5.41, 5.74) is 3.90. The van der Waals surface area contributed by atoms with Crippen LogP contribution in [0, 0.1) is 13.8 Å². The highest BCUT2D eigenvalue weighted by atomic mass is 32.2. The van der Waals surface area contributed by atoms with Gasteiger partial charge in [0.15, 0.2) is 0 Å². The highest BCUT2D eigenvalue weighted by Crippen LogP contribution is 2.27. The molecule has 0 aliphatic rings. The highest BCUT2D eigenvalue weighted by Gasteiger charge is 2.24. The summed E-state index contributed by atoms with van der Waals surface area (Å²) in [6.07, 6.45) is 1.12. The maximum absolute atomic E-state index is 12.6. The van der Waals surface area contributed by atoms with E-state index in [0.717, 1.165) is 22.9 Å². The van der Waals surface area contributed by atoms with Crippen LogP contribution in [0.15, 0.2) is 42.5 Å². The fourth-order valence-corrected chi connectivity index (χ4v) is 3.97. The molecule has 26 heavy (non-hydrogen) atoms. The van der Waals surface area contributed by atoms with Crippen molar-refractivity contribution in [2.45, 2.75) is 33.6 Å². The number of hydrogen-bond donors (Lipinski definition) is 1. The minimum Gasteiger partial charge on any atom is -0.324 e. The van der Waals surface area contributed by atoms with Gasteiger partial charge in [-0.05, 0) is 42.5 Å². The molecule has 0 aliphatic carbocycles. The molecule has 2 aromatic rings. The summed E-state index contributed by atoms with van der Waals surface area (Å²) in [6, 6.07) is 13.1. The zero-order chi connectivity index (χ0) is 19.5. The molecule has 0 atom stereocenters. The Morgan fingerprint density at radius 1 is 1.04 bits per heavy atom. The summed E-state index contributed by atoms with van der Waals surface area (Å²) in [7, 11) is -3.60. The van der Waals surface area contributed by atoms with E-state index in [4.69, 9.17) is 0 Å². The summed E-state index contributed by atoms with van der Waals surface area (Å²) in [6.45, 7) is 7.50. The quantitative estimate of drug-likeness (QED) is 0.835. The predicted molar refractivity (Wildman–Crippen MR) is 107 cm³/mol. The average molecular weight is 375 g/mol. The first kappa shape index (κ1) is 20.0. The second-order valence-corrected chi connectivity index (χ2v) is 8.71. The number of nitrogens with one attached hydrogen (secondary N) is 1. The molecule has 0 aliphatic heterocycles. The molecule has 0 spiro atoms. The normalized spacial score (nSPS) is 11.5. The fourth-order valence-electron chi connectivity index (χ4n) is 3.00. The van der Waals surface area contributed by atoms with E-state index in [0.29, 0.717) is 11.4 Å². The molecule has 6 heteroatoms. The standard InChI is InChI=1S/C20H26N2O3S/c1-14(2)17-11-6-7-12-18(17)21-19(23)13-22(26(5,24)25)20-15(3)9-8-10-16(20)4/h6-12,14H,13H2,1-5H3,(H,21,23). The molecule has 0 radical (unpaired) electrons. The van der Waals surface area contributed by atoms with Crippen molar-refractivity contribution in [2.24, 2.45) is 0 Å². The lowest BCUT2D eigenvalue weighted by Crippen LogP contribution is -2.38. The summed E-state index contributed by atoms with van der Waals surface area (Å²) in [5, 5.41) is 2.86. The Kier molecular flexibility index (Phi) is 6.08. The lowest BCUT2D eigenvalue weighted by molar-refractivity contribution is -0.114. The third-order valence-electron chi connectivity index (χ3n) is 4.23. The van der Waals surface area contributed by atoms with Crippen LogP contribution in [-0.4, -0.2) is 27.1 Å². The molecule has 0 fully saturated rings. The number of para-hydroxylation sites is 2. The summed E-state index contributed by atoms with van der Waals surface area (Å²) >= 11 is 0. The molecule has 140 valence electrons. The first-order valence-electron chi connectivity index (χ1n) is 8.54. The summed E-state index contributed by atoms with van der Waals surface area (Å²) in [4.78, 5) is 12.6. The Balaban J connectivity index is 2.32. The monoisotopic (exact) mass is 374 g/mol. The maximum Gasteiger partial charge on any atom is 0.245 e. The number of benzene rings is 2. The van der Waals surface area contributed by atoms with Crippen molar-refractivity contribution >= 4 is 27.3 Å². The average Bonchev–Trinajstić information content (AvgIpc) is 2.53. The van der Waals surface area contributed by atoms with Crippen LogP contribution in [0.1, 0.15) is 36.5 Å².